The molecular formula is C18H22F3NO2. The molecule has 2 rings (SSSR count). The van der Waals surface area contributed by atoms with Crippen molar-refractivity contribution in [3.8, 4) is 0 Å². The van der Waals surface area contributed by atoms with E-state index >= 15 is 0 Å². The third kappa shape index (κ3) is 5.28. The molecule has 24 heavy (non-hydrogen) atoms. The van der Waals surface area contributed by atoms with E-state index in [1.807, 2.05) is 32.9 Å². The Morgan fingerprint density at radius 1 is 1.21 bits per heavy atom. The number of carbonyl (C=O) groups excluding carboxylic acids is 1. The Kier molecular flexibility index (Phi) is 5.26. The van der Waals surface area contributed by atoms with Crippen LogP contribution in [0, 0.1) is 5.92 Å². The van der Waals surface area contributed by atoms with Gasteiger partial charge in [0.1, 0.15) is 5.60 Å². The molecule has 1 amide bonds. The molecule has 0 aromatic heterocycles. The molecule has 1 aliphatic heterocycles. The molecule has 0 fully saturated rings. The van der Waals surface area contributed by atoms with Crippen molar-refractivity contribution in [2.45, 2.75) is 39.0 Å². The molecule has 0 spiro atoms. The molecule has 0 N–H and O–H groups in total. The van der Waals surface area contributed by atoms with Gasteiger partial charge in [-0.1, -0.05) is 24.3 Å². The van der Waals surface area contributed by atoms with E-state index < -0.39 is 17.3 Å². The molecular weight excluding hydrogens is 319 g/mol. The van der Waals surface area contributed by atoms with Crippen LogP contribution < -0.4 is 0 Å². The lowest BCUT2D eigenvalue weighted by atomic mass is 9.95. The minimum atomic E-state index is -4.32. The number of nitrogens with zero attached hydrogens (tertiary/aromatic N) is 1. The summed E-state index contributed by atoms with van der Waals surface area (Å²) in [5, 5.41) is 0. The van der Waals surface area contributed by atoms with Gasteiger partial charge in [0.2, 0.25) is 0 Å². The van der Waals surface area contributed by atoms with E-state index in [2.05, 4.69) is 0 Å². The monoisotopic (exact) mass is 341 g/mol. The van der Waals surface area contributed by atoms with Gasteiger partial charge in [-0.05, 0) is 50.8 Å². The van der Waals surface area contributed by atoms with Crippen LogP contribution in [0.3, 0.4) is 0 Å². The Bertz CT molecular complexity index is 600. The number of ether oxygens (including phenoxy) is 1. The van der Waals surface area contributed by atoms with Crippen molar-refractivity contribution in [2.75, 3.05) is 13.1 Å². The van der Waals surface area contributed by atoms with Crippen LogP contribution in [-0.2, 0) is 17.3 Å². The highest BCUT2D eigenvalue weighted by atomic mass is 19.4. The van der Waals surface area contributed by atoms with Gasteiger partial charge in [-0.2, -0.15) is 13.2 Å². The van der Waals surface area contributed by atoms with Crippen LogP contribution in [0.5, 0.6) is 0 Å². The second-order valence-electron chi connectivity index (χ2n) is 6.97. The van der Waals surface area contributed by atoms with Crippen molar-refractivity contribution in [3.05, 3.63) is 47.5 Å². The summed E-state index contributed by atoms with van der Waals surface area (Å²) in [6.45, 7) is 6.41. The number of hydrogen-bond acceptors (Lipinski definition) is 2. The SMILES string of the molecule is CC(C)(C)OC(=O)N1CC=CC(Cc2ccc(C(F)(F)F)cc2)C1. The van der Waals surface area contributed by atoms with Crippen molar-refractivity contribution in [2.24, 2.45) is 5.92 Å². The number of halogens is 3. The lowest BCUT2D eigenvalue weighted by Crippen LogP contribution is -2.41. The van der Waals surface area contributed by atoms with E-state index in [-0.39, 0.29) is 12.0 Å². The van der Waals surface area contributed by atoms with Crippen LogP contribution in [0.25, 0.3) is 0 Å². The summed E-state index contributed by atoms with van der Waals surface area (Å²) >= 11 is 0. The van der Waals surface area contributed by atoms with Gasteiger partial charge in [0.05, 0.1) is 5.56 Å². The van der Waals surface area contributed by atoms with E-state index in [1.165, 1.54) is 12.1 Å². The number of benzene rings is 1. The van der Waals surface area contributed by atoms with E-state index in [0.29, 0.717) is 19.5 Å². The van der Waals surface area contributed by atoms with Gasteiger partial charge in [-0.15, -0.1) is 0 Å². The van der Waals surface area contributed by atoms with Gasteiger partial charge < -0.3 is 9.64 Å². The van der Waals surface area contributed by atoms with Crippen molar-refractivity contribution < 1.29 is 22.7 Å². The molecule has 1 aromatic rings. The van der Waals surface area contributed by atoms with Crippen LogP contribution in [0.1, 0.15) is 31.9 Å². The molecule has 1 atom stereocenters. The van der Waals surface area contributed by atoms with Gasteiger partial charge in [0, 0.05) is 13.1 Å². The van der Waals surface area contributed by atoms with Gasteiger partial charge in [-0.25, -0.2) is 4.79 Å². The Balaban J connectivity index is 1.97. The fourth-order valence-electron chi connectivity index (χ4n) is 2.54. The topological polar surface area (TPSA) is 29.5 Å². The zero-order valence-corrected chi connectivity index (χ0v) is 14.1. The van der Waals surface area contributed by atoms with Gasteiger partial charge in [-0.3, -0.25) is 0 Å². The maximum atomic E-state index is 12.6. The van der Waals surface area contributed by atoms with E-state index in [4.69, 9.17) is 4.74 Å². The van der Waals surface area contributed by atoms with Crippen molar-refractivity contribution in [3.63, 3.8) is 0 Å². The van der Waals surface area contributed by atoms with Crippen LogP contribution in [0.4, 0.5) is 18.0 Å². The number of alkyl halides is 3. The summed E-state index contributed by atoms with van der Waals surface area (Å²) in [4.78, 5) is 13.7. The minimum absolute atomic E-state index is 0.0583. The number of carbonyl (C=O) groups is 1. The standard InChI is InChI=1S/C18H22F3NO2/c1-17(2,3)24-16(23)22-10-4-5-14(12-22)11-13-6-8-15(9-7-13)18(19,20)21/h4-9,14H,10-12H2,1-3H3. The highest BCUT2D eigenvalue weighted by molar-refractivity contribution is 5.68. The van der Waals surface area contributed by atoms with Crippen LogP contribution in [0.2, 0.25) is 0 Å². The normalized spacial score (nSPS) is 18.6. The number of hydrogen-bond donors (Lipinski definition) is 0. The second-order valence-corrected chi connectivity index (χ2v) is 6.97. The lowest BCUT2D eigenvalue weighted by molar-refractivity contribution is -0.137. The molecule has 1 heterocycles. The first-order valence-corrected chi connectivity index (χ1v) is 7.85. The molecule has 0 saturated carbocycles. The van der Waals surface area contributed by atoms with Gasteiger partial charge in [0.15, 0.2) is 0 Å². The quantitative estimate of drug-likeness (QED) is 0.732. The van der Waals surface area contributed by atoms with E-state index in [1.54, 1.807) is 4.90 Å². The number of rotatable bonds is 2. The molecule has 0 bridgehead atoms. The molecule has 6 heteroatoms. The van der Waals surface area contributed by atoms with Gasteiger partial charge in [0.25, 0.3) is 0 Å². The summed E-state index contributed by atoms with van der Waals surface area (Å²) < 4.78 is 43.1. The Morgan fingerprint density at radius 2 is 1.83 bits per heavy atom. The minimum Gasteiger partial charge on any atom is -0.444 e. The zero-order chi connectivity index (χ0) is 18.0. The summed E-state index contributed by atoms with van der Waals surface area (Å²) in [5.74, 6) is 0.0583. The smallest absolute Gasteiger partial charge is 0.416 e. The third-order valence-electron chi connectivity index (χ3n) is 3.62. The Hall–Kier alpha value is -1.98. The second kappa shape index (κ2) is 6.87. The highest BCUT2D eigenvalue weighted by Crippen LogP contribution is 2.29. The van der Waals surface area contributed by atoms with Crippen molar-refractivity contribution >= 4 is 6.09 Å². The molecule has 0 aliphatic carbocycles. The summed E-state index contributed by atoms with van der Waals surface area (Å²) in [6, 6.07) is 5.16. The maximum absolute atomic E-state index is 12.6. The van der Waals surface area contributed by atoms with Crippen molar-refractivity contribution in [1.82, 2.24) is 4.90 Å². The Morgan fingerprint density at radius 3 is 2.38 bits per heavy atom. The first-order chi connectivity index (χ1) is 11.0. The highest BCUT2D eigenvalue weighted by Gasteiger charge is 2.30. The molecule has 0 radical (unpaired) electrons. The third-order valence-corrected chi connectivity index (χ3v) is 3.62. The first-order valence-electron chi connectivity index (χ1n) is 7.85. The number of amides is 1. The molecule has 1 unspecified atom stereocenters. The van der Waals surface area contributed by atoms with Crippen LogP contribution in [-0.4, -0.2) is 29.7 Å². The predicted octanol–water partition coefficient (Wildman–Crippen LogP) is 4.67. The van der Waals surface area contributed by atoms with Crippen LogP contribution >= 0.6 is 0 Å². The van der Waals surface area contributed by atoms with Crippen molar-refractivity contribution in [1.29, 1.82) is 0 Å². The zero-order valence-electron chi connectivity index (χ0n) is 14.1. The fourth-order valence-corrected chi connectivity index (χ4v) is 2.54. The average molecular weight is 341 g/mol. The summed E-state index contributed by atoms with van der Waals surface area (Å²) in [7, 11) is 0. The largest absolute Gasteiger partial charge is 0.444 e. The molecule has 1 aliphatic rings. The predicted molar refractivity (Wildman–Crippen MR) is 85.6 cm³/mol. The van der Waals surface area contributed by atoms with Gasteiger partial charge >= 0.3 is 12.3 Å². The summed E-state index contributed by atoms with van der Waals surface area (Å²) in [6.07, 6.45) is -0.227. The molecule has 132 valence electrons. The van der Waals surface area contributed by atoms with E-state index in [9.17, 15) is 18.0 Å². The summed E-state index contributed by atoms with van der Waals surface area (Å²) in [5.41, 5.74) is -0.397. The maximum Gasteiger partial charge on any atom is 0.416 e. The van der Waals surface area contributed by atoms with E-state index in [0.717, 1.165) is 17.7 Å². The van der Waals surface area contributed by atoms with Crippen LogP contribution in [0.15, 0.2) is 36.4 Å². The molecule has 0 saturated heterocycles. The fraction of sp³-hybridized carbons (Fsp3) is 0.500. The molecule has 3 nitrogen and oxygen atoms in total. The average Bonchev–Trinajstić information content (AvgIpc) is 2.45. The molecule has 1 aromatic carbocycles. The Labute approximate surface area is 140 Å². The lowest BCUT2D eigenvalue weighted by Gasteiger charge is -2.31. The first kappa shape index (κ1) is 18.4.